The third-order valence-electron chi connectivity index (χ3n) is 2.31. The SMILES string of the molecule is O=C(NCCCCCCI)c1cncc(F)c1. The van der Waals surface area contributed by atoms with Crippen molar-refractivity contribution in [1.82, 2.24) is 10.3 Å². The molecule has 1 N–H and O–H groups in total. The Labute approximate surface area is 114 Å². The number of carbonyl (C=O) groups is 1. The molecular formula is C12H16FIN2O. The van der Waals surface area contributed by atoms with Crippen LogP contribution in [0.25, 0.3) is 0 Å². The fourth-order valence-electron chi connectivity index (χ4n) is 1.41. The second kappa shape index (κ2) is 8.38. The van der Waals surface area contributed by atoms with Gasteiger partial charge >= 0.3 is 0 Å². The Balaban J connectivity index is 2.21. The third kappa shape index (κ3) is 5.95. The van der Waals surface area contributed by atoms with Gasteiger partial charge in [-0.3, -0.25) is 9.78 Å². The quantitative estimate of drug-likeness (QED) is 0.467. The first-order chi connectivity index (χ1) is 8.24. The predicted octanol–water partition coefficient (Wildman–Crippen LogP) is 2.95. The lowest BCUT2D eigenvalue weighted by atomic mass is 10.2. The van der Waals surface area contributed by atoms with Gasteiger partial charge in [0.05, 0.1) is 11.8 Å². The highest BCUT2D eigenvalue weighted by Gasteiger charge is 2.05. The summed E-state index contributed by atoms with van der Waals surface area (Å²) in [7, 11) is 0. The normalized spacial score (nSPS) is 10.2. The summed E-state index contributed by atoms with van der Waals surface area (Å²) in [5, 5.41) is 2.76. The summed E-state index contributed by atoms with van der Waals surface area (Å²) >= 11 is 2.36. The van der Waals surface area contributed by atoms with Crippen molar-refractivity contribution in [2.45, 2.75) is 25.7 Å². The Morgan fingerprint density at radius 3 is 2.76 bits per heavy atom. The standard InChI is InChI=1S/C12H16FIN2O/c13-11-7-10(8-15-9-11)12(17)16-6-4-2-1-3-5-14/h7-9H,1-6H2,(H,16,17). The average molecular weight is 350 g/mol. The maximum absolute atomic E-state index is 12.8. The molecule has 1 rings (SSSR count). The molecule has 1 aromatic rings. The van der Waals surface area contributed by atoms with Gasteiger partial charge in [0.25, 0.3) is 5.91 Å². The van der Waals surface area contributed by atoms with E-state index in [2.05, 4.69) is 32.9 Å². The first-order valence-corrected chi connectivity index (χ1v) is 7.21. The van der Waals surface area contributed by atoms with E-state index in [4.69, 9.17) is 0 Å². The lowest BCUT2D eigenvalue weighted by Gasteiger charge is -2.04. The molecule has 1 heterocycles. The van der Waals surface area contributed by atoms with Crippen LogP contribution in [0.1, 0.15) is 36.0 Å². The van der Waals surface area contributed by atoms with Gasteiger partial charge in [0, 0.05) is 12.7 Å². The smallest absolute Gasteiger partial charge is 0.252 e. The van der Waals surface area contributed by atoms with Gasteiger partial charge in [-0.25, -0.2) is 4.39 Å². The lowest BCUT2D eigenvalue weighted by Crippen LogP contribution is -2.24. The van der Waals surface area contributed by atoms with E-state index in [0.717, 1.165) is 19.0 Å². The lowest BCUT2D eigenvalue weighted by molar-refractivity contribution is 0.0952. The number of nitrogens with zero attached hydrogens (tertiary/aromatic N) is 1. The minimum Gasteiger partial charge on any atom is -0.352 e. The number of amides is 1. The van der Waals surface area contributed by atoms with Crippen LogP contribution in [0, 0.1) is 5.82 Å². The molecule has 0 bridgehead atoms. The molecule has 1 amide bonds. The Bertz CT molecular complexity index is 360. The molecule has 0 spiro atoms. The second-order valence-electron chi connectivity index (χ2n) is 3.75. The number of alkyl halides is 1. The van der Waals surface area contributed by atoms with Crippen molar-refractivity contribution >= 4 is 28.5 Å². The molecule has 3 nitrogen and oxygen atoms in total. The van der Waals surface area contributed by atoms with Crippen LogP contribution in [0.2, 0.25) is 0 Å². The molecule has 0 saturated carbocycles. The van der Waals surface area contributed by atoms with E-state index in [1.165, 1.54) is 29.5 Å². The van der Waals surface area contributed by atoms with E-state index in [1.807, 2.05) is 0 Å². The molecule has 0 saturated heterocycles. The molecule has 1 aromatic heterocycles. The minimum atomic E-state index is -0.486. The molecule has 0 aliphatic heterocycles. The molecule has 17 heavy (non-hydrogen) atoms. The van der Waals surface area contributed by atoms with Crippen molar-refractivity contribution < 1.29 is 9.18 Å². The van der Waals surface area contributed by atoms with Gasteiger partial charge in [-0.1, -0.05) is 35.4 Å². The molecule has 0 aromatic carbocycles. The monoisotopic (exact) mass is 350 g/mol. The van der Waals surface area contributed by atoms with Crippen molar-refractivity contribution in [3.63, 3.8) is 0 Å². The summed E-state index contributed by atoms with van der Waals surface area (Å²) in [6.07, 6.45) is 6.95. The summed E-state index contributed by atoms with van der Waals surface area (Å²) < 4.78 is 14.0. The van der Waals surface area contributed by atoms with E-state index in [9.17, 15) is 9.18 Å². The zero-order valence-electron chi connectivity index (χ0n) is 9.59. The number of rotatable bonds is 7. The van der Waals surface area contributed by atoms with Crippen molar-refractivity contribution in [3.05, 3.63) is 29.8 Å². The summed E-state index contributed by atoms with van der Waals surface area (Å²) in [5.41, 5.74) is 0.275. The van der Waals surface area contributed by atoms with Crippen LogP contribution in [-0.2, 0) is 0 Å². The number of halogens is 2. The molecule has 0 radical (unpaired) electrons. The fraction of sp³-hybridized carbons (Fsp3) is 0.500. The van der Waals surface area contributed by atoms with Gasteiger partial charge in [-0.2, -0.15) is 0 Å². The number of hydrogen-bond donors (Lipinski definition) is 1. The van der Waals surface area contributed by atoms with Gasteiger partial charge in [-0.05, 0) is 23.3 Å². The van der Waals surface area contributed by atoms with E-state index < -0.39 is 5.82 Å². The van der Waals surface area contributed by atoms with Crippen molar-refractivity contribution in [2.75, 3.05) is 11.0 Å². The topological polar surface area (TPSA) is 42.0 Å². The average Bonchev–Trinajstić information content (AvgIpc) is 2.33. The number of unbranched alkanes of at least 4 members (excludes halogenated alkanes) is 3. The molecule has 0 atom stereocenters. The summed E-state index contributed by atoms with van der Waals surface area (Å²) in [5.74, 6) is -0.745. The highest BCUT2D eigenvalue weighted by molar-refractivity contribution is 14.1. The van der Waals surface area contributed by atoms with Crippen LogP contribution in [0.3, 0.4) is 0 Å². The van der Waals surface area contributed by atoms with Gasteiger partial charge in [0.1, 0.15) is 5.82 Å². The molecule has 0 fully saturated rings. The highest BCUT2D eigenvalue weighted by Crippen LogP contribution is 2.03. The molecular weight excluding hydrogens is 334 g/mol. The second-order valence-corrected chi connectivity index (χ2v) is 4.83. The summed E-state index contributed by atoms with van der Waals surface area (Å²) in [6, 6.07) is 1.19. The molecule has 94 valence electrons. The van der Waals surface area contributed by atoms with Crippen molar-refractivity contribution in [3.8, 4) is 0 Å². The summed E-state index contributed by atoms with van der Waals surface area (Å²) in [4.78, 5) is 15.2. The van der Waals surface area contributed by atoms with Gasteiger partial charge in [0.15, 0.2) is 0 Å². The largest absolute Gasteiger partial charge is 0.352 e. The van der Waals surface area contributed by atoms with Crippen LogP contribution in [0.4, 0.5) is 4.39 Å². The van der Waals surface area contributed by atoms with Gasteiger partial charge in [0.2, 0.25) is 0 Å². The van der Waals surface area contributed by atoms with Crippen molar-refractivity contribution in [2.24, 2.45) is 0 Å². The van der Waals surface area contributed by atoms with Crippen molar-refractivity contribution in [1.29, 1.82) is 0 Å². The van der Waals surface area contributed by atoms with Crippen LogP contribution in [0.15, 0.2) is 18.5 Å². The Kier molecular flexibility index (Phi) is 7.07. The molecule has 5 heteroatoms. The Hall–Kier alpha value is -0.720. The third-order valence-corrected chi connectivity index (χ3v) is 3.08. The van der Waals surface area contributed by atoms with Crippen LogP contribution < -0.4 is 5.32 Å². The molecule has 0 aliphatic carbocycles. The molecule has 0 aliphatic rings. The first-order valence-electron chi connectivity index (χ1n) is 5.69. The van der Waals surface area contributed by atoms with E-state index in [0.29, 0.717) is 6.54 Å². The number of hydrogen-bond acceptors (Lipinski definition) is 2. The van der Waals surface area contributed by atoms with Crippen LogP contribution in [0.5, 0.6) is 0 Å². The zero-order valence-corrected chi connectivity index (χ0v) is 11.7. The fourth-order valence-corrected chi connectivity index (χ4v) is 1.95. The highest BCUT2D eigenvalue weighted by atomic mass is 127. The number of carbonyl (C=O) groups excluding carboxylic acids is 1. The van der Waals surface area contributed by atoms with Gasteiger partial charge < -0.3 is 5.32 Å². The molecule has 0 unspecified atom stereocenters. The Morgan fingerprint density at radius 1 is 1.29 bits per heavy atom. The van der Waals surface area contributed by atoms with Crippen LogP contribution >= 0.6 is 22.6 Å². The number of pyridine rings is 1. The maximum atomic E-state index is 12.8. The van der Waals surface area contributed by atoms with E-state index in [1.54, 1.807) is 0 Å². The first kappa shape index (κ1) is 14.3. The predicted molar refractivity (Wildman–Crippen MR) is 73.9 cm³/mol. The summed E-state index contributed by atoms with van der Waals surface area (Å²) in [6.45, 7) is 0.636. The number of aromatic nitrogens is 1. The maximum Gasteiger partial charge on any atom is 0.252 e. The van der Waals surface area contributed by atoms with Crippen LogP contribution in [-0.4, -0.2) is 21.9 Å². The minimum absolute atomic E-state index is 0.258. The van der Waals surface area contributed by atoms with E-state index >= 15 is 0 Å². The Morgan fingerprint density at radius 2 is 2.06 bits per heavy atom. The van der Waals surface area contributed by atoms with E-state index in [-0.39, 0.29) is 11.5 Å². The number of nitrogens with one attached hydrogen (secondary N) is 1. The zero-order chi connectivity index (χ0) is 12.5. The van der Waals surface area contributed by atoms with Gasteiger partial charge in [-0.15, -0.1) is 0 Å².